The lowest BCUT2D eigenvalue weighted by atomic mass is 10.1. The lowest BCUT2D eigenvalue weighted by Gasteiger charge is -2.33. The molecule has 1 saturated heterocycles. The highest BCUT2D eigenvalue weighted by Crippen LogP contribution is 2.37. The topological polar surface area (TPSA) is 105 Å². The van der Waals surface area contributed by atoms with Crippen molar-refractivity contribution in [2.45, 2.75) is 38.8 Å². The Kier molecular flexibility index (Phi) is 5.46. The van der Waals surface area contributed by atoms with Crippen LogP contribution in [0.15, 0.2) is 42.5 Å². The molecule has 2 atom stereocenters. The summed E-state index contributed by atoms with van der Waals surface area (Å²) in [7, 11) is 0. The summed E-state index contributed by atoms with van der Waals surface area (Å²) in [6.45, 7) is 3.67. The summed E-state index contributed by atoms with van der Waals surface area (Å²) in [4.78, 5) is 51.1. The number of nitrogens with one attached hydrogen (secondary N) is 2. The standard InChI is InChI=1S/C23H23N3O5/c1-13(27)16-6-3-4-7-17(16)24-21(28)14(2)31-23(30)15-9-10-19-18(12-15)25-22(29)20-8-5-11-26(19)20/h3-4,6-7,9-10,12,14,20H,5,8,11H2,1-2H3,(H,24,28)(H,25,29)/t14-,20-/m0/s1. The number of benzene rings is 2. The minimum atomic E-state index is -1.08. The molecule has 0 aliphatic carbocycles. The number of anilines is 3. The molecule has 2 amide bonds. The fourth-order valence-corrected chi connectivity index (χ4v) is 3.97. The minimum absolute atomic E-state index is 0.0765. The van der Waals surface area contributed by atoms with Crippen LogP contribution in [0.25, 0.3) is 0 Å². The second kappa shape index (κ2) is 8.22. The van der Waals surface area contributed by atoms with Crippen LogP contribution in [-0.2, 0) is 14.3 Å². The summed E-state index contributed by atoms with van der Waals surface area (Å²) in [6.07, 6.45) is 0.677. The molecule has 2 aliphatic rings. The number of ketones is 1. The molecule has 8 heteroatoms. The number of Topliss-reactive ketones (excluding diaryl/α,β-unsaturated/α-hetero) is 1. The van der Waals surface area contributed by atoms with Crippen molar-refractivity contribution < 1.29 is 23.9 Å². The van der Waals surface area contributed by atoms with E-state index in [0.29, 0.717) is 16.9 Å². The Morgan fingerprint density at radius 3 is 2.74 bits per heavy atom. The van der Waals surface area contributed by atoms with Crippen LogP contribution in [0.1, 0.15) is 47.4 Å². The van der Waals surface area contributed by atoms with Crippen molar-refractivity contribution in [2.75, 3.05) is 22.1 Å². The van der Waals surface area contributed by atoms with E-state index in [1.165, 1.54) is 13.8 Å². The number of hydrogen-bond acceptors (Lipinski definition) is 6. The van der Waals surface area contributed by atoms with Gasteiger partial charge in [0.05, 0.1) is 22.6 Å². The Hall–Kier alpha value is -3.68. The van der Waals surface area contributed by atoms with Crippen molar-refractivity contribution in [2.24, 2.45) is 0 Å². The summed E-state index contributed by atoms with van der Waals surface area (Å²) in [5.74, 6) is -1.49. The molecular weight excluding hydrogens is 398 g/mol. The first-order valence-corrected chi connectivity index (χ1v) is 10.2. The predicted molar refractivity (Wildman–Crippen MR) is 115 cm³/mol. The average Bonchev–Trinajstić information content (AvgIpc) is 3.24. The number of fused-ring (bicyclic) bond motifs is 3. The zero-order valence-electron chi connectivity index (χ0n) is 17.3. The van der Waals surface area contributed by atoms with Crippen LogP contribution < -0.4 is 15.5 Å². The van der Waals surface area contributed by atoms with E-state index in [0.717, 1.165) is 25.1 Å². The van der Waals surface area contributed by atoms with Gasteiger partial charge in [0.15, 0.2) is 11.9 Å². The molecule has 0 bridgehead atoms. The zero-order chi connectivity index (χ0) is 22.1. The number of para-hydroxylation sites is 1. The maximum Gasteiger partial charge on any atom is 0.338 e. The Bertz CT molecular complexity index is 1080. The monoisotopic (exact) mass is 421 g/mol. The number of esters is 1. The first-order valence-electron chi connectivity index (χ1n) is 10.2. The minimum Gasteiger partial charge on any atom is -0.449 e. The number of nitrogens with zero attached hydrogens (tertiary/aromatic N) is 1. The van der Waals surface area contributed by atoms with Gasteiger partial charge in [-0.1, -0.05) is 12.1 Å². The second-order valence-corrected chi connectivity index (χ2v) is 7.71. The Morgan fingerprint density at radius 2 is 1.97 bits per heavy atom. The van der Waals surface area contributed by atoms with E-state index in [1.807, 2.05) is 4.90 Å². The summed E-state index contributed by atoms with van der Waals surface area (Å²) < 4.78 is 5.31. The Balaban J connectivity index is 1.45. The normalized spacial score (nSPS) is 17.8. The van der Waals surface area contributed by atoms with Crippen LogP contribution in [0, 0.1) is 0 Å². The Labute approximate surface area is 179 Å². The number of amides is 2. The summed E-state index contributed by atoms with van der Waals surface area (Å²) >= 11 is 0. The van der Waals surface area contributed by atoms with Crippen molar-refractivity contribution in [3.05, 3.63) is 53.6 Å². The molecule has 2 N–H and O–H groups in total. The number of ether oxygens (including phenoxy) is 1. The van der Waals surface area contributed by atoms with E-state index in [2.05, 4.69) is 10.6 Å². The molecule has 8 nitrogen and oxygen atoms in total. The van der Waals surface area contributed by atoms with Crippen LogP contribution in [0.4, 0.5) is 17.1 Å². The van der Waals surface area contributed by atoms with Gasteiger partial charge in [-0.05, 0) is 57.0 Å². The van der Waals surface area contributed by atoms with Crippen molar-refractivity contribution in [1.82, 2.24) is 0 Å². The lowest BCUT2D eigenvalue weighted by molar-refractivity contribution is -0.123. The average molecular weight is 421 g/mol. The van der Waals surface area contributed by atoms with Gasteiger partial charge in [0.2, 0.25) is 5.91 Å². The summed E-state index contributed by atoms with van der Waals surface area (Å²) in [6, 6.07) is 11.5. The first kappa shape index (κ1) is 20.6. The largest absolute Gasteiger partial charge is 0.449 e. The van der Waals surface area contributed by atoms with E-state index in [9.17, 15) is 19.2 Å². The molecule has 2 aromatic rings. The second-order valence-electron chi connectivity index (χ2n) is 7.71. The molecule has 2 aromatic carbocycles. The highest BCUT2D eigenvalue weighted by molar-refractivity contribution is 6.07. The quantitative estimate of drug-likeness (QED) is 0.568. The molecule has 2 aliphatic heterocycles. The predicted octanol–water partition coefficient (Wildman–Crippen LogP) is 2.99. The molecule has 0 radical (unpaired) electrons. The molecule has 0 aromatic heterocycles. The molecule has 0 saturated carbocycles. The maximum atomic E-state index is 12.6. The van der Waals surface area contributed by atoms with Gasteiger partial charge in [0.1, 0.15) is 6.04 Å². The molecule has 0 unspecified atom stereocenters. The zero-order valence-corrected chi connectivity index (χ0v) is 17.3. The van der Waals surface area contributed by atoms with Crippen LogP contribution in [0.5, 0.6) is 0 Å². The fraction of sp³-hybridized carbons (Fsp3) is 0.304. The molecule has 160 valence electrons. The van der Waals surface area contributed by atoms with E-state index in [4.69, 9.17) is 4.74 Å². The van der Waals surface area contributed by atoms with E-state index in [1.54, 1.807) is 42.5 Å². The van der Waals surface area contributed by atoms with Gasteiger partial charge >= 0.3 is 5.97 Å². The van der Waals surface area contributed by atoms with Gasteiger partial charge in [-0.2, -0.15) is 0 Å². The first-order chi connectivity index (χ1) is 14.8. The van der Waals surface area contributed by atoms with E-state index < -0.39 is 18.0 Å². The molecule has 1 fully saturated rings. The maximum absolute atomic E-state index is 12.6. The number of carbonyl (C=O) groups excluding carboxylic acids is 4. The molecular formula is C23H23N3O5. The van der Waals surface area contributed by atoms with E-state index in [-0.39, 0.29) is 23.3 Å². The summed E-state index contributed by atoms with van der Waals surface area (Å²) in [5, 5.41) is 5.48. The molecule has 2 heterocycles. The fourth-order valence-electron chi connectivity index (χ4n) is 3.97. The van der Waals surface area contributed by atoms with Crippen molar-refractivity contribution >= 4 is 40.6 Å². The van der Waals surface area contributed by atoms with Crippen LogP contribution in [-0.4, -0.2) is 42.3 Å². The van der Waals surface area contributed by atoms with Crippen molar-refractivity contribution in [3.63, 3.8) is 0 Å². The smallest absolute Gasteiger partial charge is 0.338 e. The molecule has 0 spiro atoms. The van der Waals surface area contributed by atoms with Gasteiger partial charge < -0.3 is 20.3 Å². The lowest BCUT2D eigenvalue weighted by Crippen LogP contribution is -2.43. The van der Waals surface area contributed by atoms with Gasteiger partial charge in [0.25, 0.3) is 5.91 Å². The van der Waals surface area contributed by atoms with Crippen molar-refractivity contribution in [3.8, 4) is 0 Å². The number of carbonyl (C=O) groups is 4. The van der Waals surface area contributed by atoms with Gasteiger partial charge in [-0.15, -0.1) is 0 Å². The number of hydrogen-bond donors (Lipinski definition) is 2. The third-order valence-corrected chi connectivity index (χ3v) is 5.57. The van der Waals surface area contributed by atoms with Crippen LogP contribution in [0.2, 0.25) is 0 Å². The highest BCUT2D eigenvalue weighted by atomic mass is 16.5. The van der Waals surface area contributed by atoms with Gasteiger partial charge in [0, 0.05) is 12.1 Å². The van der Waals surface area contributed by atoms with E-state index >= 15 is 0 Å². The molecule has 31 heavy (non-hydrogen) atoms. The highest BCUT2D eigenvalue weighted by Gasteiger charge is 2.36. The van der Waals surface area contributed by atoms with Crippen LogP contribution >= 0.6 is 0 Å². The van der Waals surface area contributed by atoms with Gasteiger partial charge in [-0.3, -0.25) is 14.4 Å². The van der Waals surface area contributed by atoms with Crippen molar-refractivity contribution in [1.29, 1.82) is 0 Å². The molecule has 4 rings (SSSR count). The third kappa shape index (κ3) is 4.01. The third-order valence-electron chi connectivity index (χ3n) is 5.57. The number of rotatable bonds is 5. The Morgan fingerprint density at radius 1 is 1.19 bits per heavy atom. The summed E-state index contributed by atoms with van der Waals surface area (Å²) in [5.41, 5.74) is 2.41. The SMILES string of the molecule is CC(=O)c1ccccc1NC(=O)[C@H](C)OC(=O)c1ccc2c(c1)NC(=O)[C@@H]1CCCN21. The van der Waals surface area contributed by atoms with Crippen LogP contribution in [0.3, 0.4) is 0 Å². The van der Waals surface area contributed by atoms with Gasteiger partial charge in [-0.25, -0.2) is 4.79 Å².